The Hall–Kier alpha value is -0.700. The normalized spacial score (nSPS) is 50.8. The van der Waals surface area contributed by atoms with E-state index in [1.54, 1.807) is 0 Å². The van der Waals surface area contributed by atoms with Crippen molar-refractivity contribution in [1.82, 2.24) is 0 Å². The van der Waals surface area contributed by atoms with E-state index in [-0.39, 0.29) is 35.1 Å². The molecule has 0 saturated heterocycles. The molecule has 3 heteroatoms. The number of aliphatic hydroxyl groups is 1. The zero-order valence-electron chi connectivity index (χ0n) is 15.2. The summed E-state index contributed by atoms with van der Waals surface area (Å²) in [6.45, 7) is 4.21. The van der Waals surface area contributed by atoms with E-state index < -0.39 is 0 Å². The minimum absolute atomic E-state index is 0.0381. The number of hydrogen-bond donors (Lipinski definition) is 1. The maximum atomic E-state index is 13.3. The van der Waals surface area contributed by atoms with E-state index in [1.165, 1.54) is 38.5 Å². The molecule has 3 nitrogen and oxygen atoms in total. The summed E-state index contributed by atoms with van der Waals surface area (Å²) in [5.41, 5.74) is 0.00851. The molecule has 24 heavy (non-hydrogen) atoms. The molecule has 0 amide bonds. The van der Waals surface area contributed by atoms with Crippen LogP contribution in [0, 0.1) is 40.4 Å². The van der Waals surface area contributed by atoms with Crippen molar-refractivity contribution in [2.45, 2.75) is 71.6 Å². The van der Waals surface area contributed by atoms with Crippen LogP contribution in [-0.4, -0.2) is 23.3 Å². The number of carbonyl (C=O) groups is 2. The maximum Gasteiger partial charge on any atom is 0.161 e. The minimum Gasteiger partial charge on any atom is -0.389 e. The largest absolute Gasteiger partial charge is 0.389 e. The minimum atomic E-state index is -0.366. The van der Waals surface area contributed by atoms with Gasteiger partial charge in [0.25, 0.3) is 0 Å². The van der Waals surface area contributed by atoms with Crippen molar-refractivity contribution in [3.8, 4) is 0 Å². The highest BCUT2D eigenvalue weighted by molar-refractivity contribution is 5.88. The van der Waals surface area contributed by atoms with Gasteiger partial charge in [-0.2, -0.15) is 0 Å². The predicted octanol–water partition coefficient (Wildman–Crippen LogP) is 3.78. The van der Waals surface area contributed by atoms with E-state index >= 15 is 0 Å². The lowest BCUT2D eigenvalue weighted by atomic mass is 9.44. The summed E-state index contributed by atoms with van der Waals surface area (Å²) >= 11 is 0. The van der Waals surface area contributed by atoms with Gasteiger partial charge in [-0.3, -0.25) is 9.59 Å². The molecule has 0 aromatic heterocycles. The molecule has 0 radical (unpaired) electrons. The zero-order chi connectivity index (χ0) is 17.1. The van der Waals surface area contributed by atoms with Crippen molar-refractivity contribution in [2.75, 3.05) is 6.61 Å². The molecule has 0 heterocycles. The summed E-state index contributed by atoms with van der Waals surface area (Å²) in [7, 11) is 0. The van der Waals surface area contributed by atoms with Gasteiger partial charge in [-0.05, 0) is 67.1 Å². The fraction of sp³-hybridized carbons (Fsp3) is 0.905. The first kappa shape index (κ1) is 16.8. The Bertz CT molecular complexity index is 555. The van der Waals surface area contributed by atoms with Gasteiger partial charge in [0.2, 0.25) is 0 Å². The monoisotopic (exact) mass is 332 g/mol. The fourth-order valence-electron chi connectivity index (χ4n) is 7.75. The van der Waals surface area contributed by atoms with E-state index in [4.69, 9.17) is 0 Å². The van der Waals surface area contributed by atoms with Crippen LogP contribution < -0.4 is 0 Å². The first-order chi connectivity index (χ1) is 11.4. The van der Waals surface area contributed by atoms with Crippen LogP contribution in [0.4, 0.5) is 0 Å². The summed E-state index contributed by atoms with van der Waals surface area (Å²) < 4.78 is 0. The molecular weight excluding hydrogens is 300 g/mol. The van der Waals surface area contributed by atoms with E-state index in [0.29, 0.717) is 24.0 Å². The van der Waals surface area contributed by atoms with Crippen LogP contribution in [0.2, 0.25) is 0 Å². The summed E-state index contributed by atoms with van der Waals surface area (Å²) in [4.78, 5) is 25.6. The highest BCUT2D eigenvalue weighted by atomic mass is 16.3. The molecule has 4 aliphatic rings. The Labute approximate surface area is 145 Å². The standard InChI is InChI=1S/C21H32O3/c1-20-10-4-3-5-13(20)6-7-14-15-8-9-16(18(24)12-22)21(15,2)11-17(23)19(14)20/h13-16,19,22H,3-12H2,1-2H3/t13?,14?,15?,16-,19?,20+,21+/m1/s1. The van der Waals surface area contributed by atoms with Crippen molar-refractivity contribution < 1.29 is 14.7 Å². The molecule has 4 aliphatic carbocycles. The molecule has 4 rings (SSSR count). The quantitative estimate of drug-likeness (QED) is 0.837. The lowest BCUT2D eigenvalue weighted by molar-refractivity contribution is -0.159. The summed E-state index contributed by atoms with van der Waals surface area (Å²) in [5.74, 6) is 2.24. The molecule has 7 atom stereocenters. The van der Waals surface area contributed by atoms with Crippen molar-refractivity contribution >= 4 is 11.6 Å². The first-order valence-electron chi connectivity index (χ1n) is 10.1. The Kier molecular flexibility index (Phi) is 3.95. The van der Waals surface area contributed by atoms with Crippen LogP contribution in [0.25, 0.3) is 0 Å². The number of aliphatic hydroxyl groups excluding tert-OH is 1. The number of ketones is 2. The summed E-state index contributed by atoms with van der Waals surface area (Å²) in [6.07, 6.45) is 10.1. The molecule has 0 aromatic carbocycles. The second kappa shape index (κ2) is 5.65. The van der Waals surface area contributed by atoms with E-state index in [1.807, 2.05) is 0 Å². The van der Waals surface area contributed by atoms with Crippen molar-refractivity contribution in [2.24, 2.45) is 40.4 Å². The molecular formula is C21H32O3. The number of fused-ring (bicyclic) bond motifs is 5. The maximum absolute atomic E-state index is 13.3. The van der Waals surface area contributed by atoms with Gasteiger partial charge in [-0.25, -0.2) is 0 Å². The topological polar surface area (TPSA) is 54.4 Å². The van der Waals surface area contributed by atoms with Gasteiger partial charge in [-0.1, -0.05) is 26.7 Å². The Balaban J connectivity index is 1.68. The lowest BCUT2D eigenvalue weighted by Crippen LogP contribution is -2.57. The average molecular weight is 332 g/mol. The van der Waals surface area contributed by atoms with Gasteiger partial charge in [0.15, 0.2) is 5.78 Å². The fourth-order valence-corrected chi connectivity index (χ4v) is 7.75. The smallest absolute Gasteiger partial charge is 0.161 e. The van der Waals surface area contributed by atoms with Gasteiger partial charge >= 0.3 is 0 Å². The van der Waals surface area contributed by atoms with Crippen LogP contribution in [-0.2, 0) is 9.59 Å². The molecule has 0 aliphatic heterocycles. The number of Topliss-reactive ketones (excluding diaryl/α,β-unsaturated/α-hetero) is 2. The molecule has 4 fully saturated rings. The highest BCUT2D eigenvalue weighted by Gasteiger charge is 2.63. The van der Waals surface area contributed by atoms with Gasteiger partial charge in [0.1, 0.15) is 12.4 Å². The summed E-state index contributed by atoms with van der Waals surface area (Å²) in [6, 6.07) is 0. The molecule has 1 N–H and O–H groups in total. The average Bonchev–Trinajstić information content (AvgIpc) is 2.89. The van der Waals surface area contributed by atoms with Gasteiger partial charge in [0, 0.05) is 18.3 Å². The summed E-state index contributed by atoms with van der Waals surface area (Å²) in [5, 5.41) is 9.36. The van der Waals surface area contributed by atoms with Gasteiger partial charge in [0.05, 0.1) is 0 Å². The zero-order valence-corrected chi connectivity index (χ0v) is 15.2. The predicted molar refractivity (Wildman–Crippen MR) is 92.3 cm³/mol. The van der Waals surface area contributed by atoms with Crippen molar-refractivity contribution in [3.63, 3.8) is 0 Å². The molecule has 4 saturated carbocycles. The van der Waals surface area contributed by atoms with E-state index in [9.17, 15) is 14.7 Å². The van der Waals surface area contributed by atoms with Crippen LogP contribution >= 0.6 is 0 Å². The van der Waals surface area contributed by atoms with E-state index in [2.05, 4.69) is 13.8 Å². The number of carbonyl (C=O) groups excluding carboxylic acids is 2. The number of hydrogen-bond acceptors (Lipinski definition) is 3. The molecule has 4 unspecified atom stereocenters. The third-order valence-electron chi connectivity index (χ3n) is 8.81. The Morgan fingerprint density at radius 1 is 1.08 bits per heavy atom. The van der Waals surface area contributed by atoms with Crippen LogP contribution in [0.15, 0.2) is 0 Å². The second-order valence-electron chi connectivity index (χ2n) is 9.68. The third kappa shape index (κ3) is 2.12. The van der Waals surface area contributed by atoms with Crippen LogP contribution in [0.5, 0.6) is 0 Å². The first-order valence-corrected chi connectivity index (χ1v) is 10.1. The van der Waals surface area contributed by atoms with E-state index in [0.717, 1.165) is 18.8 Å². The second-order valence-corrected chi connectivity index (χ2v) is 9.68. The molecule has 0 aromatic rings. The van der Waals surface area contributed by atoms with Crippen LogP contribution in [0.3, 0.4) is 0 Å². The Morgan fingerprint density at radius 3 is 2.62 bits per heavy atom. The molecule has 0 bridgehead atoms. The third-order valence-corrected chi connectivity index (χ3v) is 8.81. The highest BCUT2D eigenvalue weighted by Crippen LogP contribution is 2.66. The Morgan fingerprint density at radius 2 is 1.88 bits per heavy atom. The van der Waals surface area contributed by atoms with Crippen LogP contribution in [0.1, 0.15) is 71.6 Å². The van der Waals surface area contributed by atoms with Crippen molar-refractivity contribution in [3.05, 3.63) is 0 Å². The SMILES string of the molecule is C[C@]12CCCCC1CCC1C2C(=O)C[C@@]2(C)C1CC[C@@H]2C(=O)CO. The van der Waals surface area contributed by atoms with Gasteiger partial charge < -0.3 is 5.11 Å². The van der Waals surface area contributed by atoms with Crippen molar-refractivity contribution in [1.29, 1.82) is 0 Å². The lowest BCUT2D eigenvalue weighted by Gasteiger charge is -2.59. The number of rotatable bonds is 2. The van der Waals surface area contributed by atoms with Gasteiger partial charge in [-0.15, -0.1) is 0 Å². The molecule has 134 valence electrons. The molecule has 0 spiro atoms.